The van der Waals surface area contributed by atoms with Gasteiger partial charge in [-0.3, -0.25) is 0 Å². The first-order chi connectivity index (χ1) is 11.5. The lowest BCUT2D eigenvalue weighted by Gasteiger charge is -2.18. The van der Waals surface area contributed by atoms with Crippen LogP contribution in [0, 0.1) is 5.92 Å². The zero-order valence-electron chi connectivity index (χ0n) is 15.5. The maximum absolute atomic E-state index is 4.94. The van der Waals surface area contributed by atoms with Gasteiger partial charge in [0, 0.05) is 12.0 Å². The molecule has 2 aromatic carbocycles. The molecule has 3 aromatic rings. The van der Waals surface area contributed by atoms with Crippen LogP contribution in [0.4, 0.5) is 0 Å². The number of rotatable bonds is 5. The molecular weight excluding hydrogens is 292 g/mol. The number of fused-ring (bicyclic) bond motifs is 1. The fraction of sp³-hybridized carbons (Fsp3) is 0.409. The Hall–Kier alpha value is -2.09. The van der Waals surface area contributed by atoms with E-state index in [9.17, 15) is 0 Å². The van der Waals surface area contributed by atoms with E-state index < -0.39 is 0 Å². The maximum Gasteiger partial charge on any atom is 0.117 e. The first-order valence-electron chi connectivity index (χ1n) is 9.03. The monoisotopic (exact) mass is 320 g/mol. The van der Waals surface area contributed by atoms with E-state index in [1.54, 1.807) is 0 Å². The van der Waals surface area contributed by atoms with Crippen molar-refractivity contribution in [2.75, 3.05) is 0 Å². The number of benzene rings is 2. The van der Waals surface area contributed by atoms with Crippen molar-refractivity contribution in [1.82, 2.24) is 9.55 Å². The highest BCUT2D eigenvalue weighted by atomic mass is 15.1. The van der Waals surface area contributed by atoms with E-state index in [4.69, 9.17) is 4.98 Å². The van der Waals surface area contributed by atoms with E-state index in [-0.39, 0.29) is 5.92 Å². The van der Waals surface area contributed by atoms with E-state index in [2.05, 4.69) is 87.7 Å². The minimum Gasteiger partial charge on any atom is -0.325 e. The second-order valence-corrected chi connectivity index (χ2v) is 7.48. The minimum atomic E-state index is 0.285. The Balaban J connectivity index is 1.99. The van der Waals surface area contributed by atoms with E-state index >= 15 is 0 Å². The predicted molar refractivity (Wildman–Crippen MR) is 103 cm³/mol. The zero-order valence-corrected chi connectivity index (χ0v) is 15.5. The third-order valence-electron chi connectivity index (χ3n) is 4.65. The zero-order chi connectivity index (χ0) is 17.3. The van der Waals surface area contributed by atoms with Gasteiger partial charge in [0.05, 0.1) is 11.0 Å². The Kier molecular flexibility index (Phi) is 4.75. The summed E-state index contributed by atoms with van der Waals surface area (Å²) in [4.78, 5) is 4.94. The van der Waals surface area contributed by atoms with Crippen LogP contribution < -0.4 is 0 Å². The van der Waals surface area contributed by atoms with Gasteiger partial charge in [0.2, 0.25) is 0 Å². The summed E-state index contributed by atoms with van der Waals surface area (Å²) >= 11 is 0. The molecule has 126 valence electrons. The Labute approximate surface area is 145 Å². The second-order valence-electron chi connectivity index (χ2n) is 7.48. The quantitative estimate of drug-likeness (QED) is 0.566. The van der Waals surface area contributed by atoms with Gasteiger partial charge in [-0.25, -0.2) is 4.98 Å². The summed E-state index contributed by atoms with van der Waals surface area (Å²) in [5.74, 6) is 2.13. The number of hydrogen-bond donors (Lipinski definition) is 0. The molecular formula is C22H28N2. The van der Waals surface area contributed by atoms with Crippen LogP contribution in [-0.2, 0) is 6.42 Å². The number of nitrogens with zero attached hydrogens (tertiary/aromatic N) is 2. The van der Waals surface area contributed by atoms with Crippen LogP contribution in [0.2, 0.25) is 0 Å². The van der Waals surface area contributed by atoms with Crippen molar-refractivity contribution in [3.63, 3.8) is 0 Å². The Morgan fingerprint density at radius 3 is 2.17 bits per heavy atom. The number of para-hydroxylation sites is 2. The molecule has 2 heteroatoms. The van der Waals surface area contributed by atoms with E-state index in [0.717, 1.165) is 17.8 Å². The van der Waals surface area contributed by atoms with Gasteiger partial charge in [0.1, 0.15) is 5.82 Å². The molecule has 0 bridgehead atoms. The fourth-order valence-electron chi connectivity index (χ4n) is 3.47. The van der Waals surface area contributed by atoms with Gasteiger partial charge >= 0.3 is 0 Å². The summed E-state index contributed by atoms with van der Waals surface area (Å²) in [5.41, 5.74) is 5.06. The SMILES string of the molecule is CC(C)Cc1ccc([C@@H](C)c2nc3ccccc3n2C(C)C)cc1. The molecule has 0 spiro atoms. The number of imidazole rings is 1. The van der Waals surface area contributed by atoms with Crippen molar-refractivity contribution in [1.29, 1.82) is 0 Å². The third-order valence-corrected chi connectivity index (χ3v) is 4.65. The predicted octanol–water partition coefficient (Wildman–Crippen LogP) is 5.97. The van der Waals surface area contributed by atoms with E-state index in [1.807, 2.05) is 0 Å². The third kappa shape index (κ3) is 3.24. The van der Waals surface area contributed by atoms with Gasteiger partial charge < -0.3 is 4.57 Å². The lowest BCUT2D eigenvalue weighted by atomic mass is 9.96. The van der Waals surface area contributed by atoms with Gasteiger partial charge in [-0.1, -0.05) is 57.2 Å². The molecule has 3 rings (SSSR count). The molecule has 0 saturated carbocycles. The lowest BCUT2D eigenvalue weighted by molar-refractivity contribution is 0.572. The van der Waals surface area contributed by atoms with Crippen LogP contribution >= 0.6 is 0 Å². The molecule has 0 amide bonds. The van der Waals surface area contributed by atoms with Crippen molar-refractivity contribution in [3.05, 3.63) is 65.5 Å². The average molecular weight is 320 g/mol. The molecule has 0 saturated heterocycles. The van der Waals surface area contributed by atoms with Gasteiger partial charge in [-0.2, -0.15) is 0 Å². The summed E-state index contributed by atoms with van der Waals surface area (Å²) in [6, 6.07) is 17.9. The molecule has 0 radical (unpaired) electrons. The Morgan fingerprint density at radius 2 is 1.54 bits per heavy atom. The largest absolute Gasteiger partial charge is 0.325 e. The highest BCUT2D eigenvalue weighted by Gasteiger charge is 2.19. The summed E-state index contributed by atoms with van der Waals surface area (Å²) in [6.07, 6.45) is 1.14. The van der Waals surface area contributed by atoms with Crippen LogP contribution in [-0.4, -0.2) is 9.55 Å². The molecule has 0 N–H and O–H groups in total. The van der Waals surface area contributed by atoms with Crippen molar-refractivity contribution >= 4 is 11.0 Å². The summed E-state index contributed by atoms with van der Waals surface area (Å²) in [5, 5.41) is 0. The molecule has 1 aromatic heterocycles. The van der Waals surface area contributed by atoms with E-state index in [0.29, 0.717) is 12.0 Å². The van der Waals surface area contributed by atoms with Crippen molar-refractivity contribution < 1.29 is 0 Å². The molecule has 1 atom stereocenters. The summed E-state index contributed by atoms with van der Waals surface area (Å²) in [6.45, 7) is 11.3. The molecule has 0 unspecified atom stereocenters. The van der Waals surface area contributed by atoms with Gasteiger partial charge in [-0.15, -0.1) is 0 Å². The molecule has 0 fully saturated rings. The van der Waals surface area contributed by atoms with Gasteiger partial charge in [-0.05, 0) is 49.4 Å². The van der Waals surface area contributed by atoms with Crippen molar-refractivity contribution in [2.24, 2.45) is 5.92 Å². The first kappa shape index (κ1) is 16.8. The topological polar surface area (TPSA) is 17.8 Å². The Morgan fingerprint density at radius 1 is 0.875 bits per heavy atom. The fourth-order valence-corrected chi connectivity index (χ4v) is 3.47. The van der Waals surface area contributed by atoms with Gasteiger partial charge in [0.25, 0.3) is 0 Å². The molecule has 0 aliphatic rings. The maximum atomic E-state index is 4.94. The van der Waals surface area contributed by atoms with Crippen LogP contribution in [0.5, 0.6) is 0 Å². The summed E-state index contributed by atoms with van der Waals surface area (Å²) < 4.78 is 2.38. The van der Waals surface area contributed by atoms with Crippen LogP contribution in [0.3, 0.4) is 0 Å². The average Bonchev–Trinajstić information content (AvgIpc) is 2.94. The standard InChI is InChI=1S/C22H28N2/c1-15(2)14-18-10-12-19(13-11-18)17(5)22-23-20-8-6-7-9-21(20)24(22)16(3)4/h6-13,15-17H,14H2,1-5H3/t17-/m1/s1. The van der Waals surface area contributed by atoms with Crippen LogP contribution in [0.1, 0.15) is 63.5 Å². The van der Waals surface area contributed by atoms with Crippen LogP contribution in [0.15, 0.2) is 48.5 Å². The number of hydrogen-bond acceptors (Lipinski definition) is 1. The molecule has 1 heterocycles. The lowest BCUT2D eigenvalue weighted by Crippen LogP contribution is -2.10. The van der Waals surface area contributed by atoms with Crippen molar-refractivity contribution in [3.8, 4) is 0 Å². The van der Waals surface area contributed by atoms with Gasteiger partial charge in [0.15, 0.2) is 0 Å². The highest BCUT2D eigenvalue weighted by molar-refractivity contribution is 5.76. The molecule has 0 aliphatic heterocycles. The normalized spacial score (nSPS) is 13.1. The van der Waals surface area contributed by atoms with Crippen molar-refractivity contribution in [2.45, 2.75) is 53.0 Å². The smallest absolute Gasteiger partial charge is 0.117 e. The first-order valence-corrected chi connectivity index (χ1v) is 9.03. The summed E-state index contributed by atoms with van der Waals surface area (Å²) in [7, 11) is 0. The molecule has 0 aliphatic carbocycles. The van der Waals surface area contributed by atoms with E-state index in [1.165, 1.54) is 16.6 Å². The highest BCUT2D eigenvalue weighted by Crippen LogP contribution is 2.30. The molecule has 24 heavy (non-hydrogen) atoms. The minimum absolute atomic E-state index is 0.285. The van der Waals surface area contributed by atoms with Crippen LogP contribution in [0.25, 0.3) is 11.0 Å². The number of aromatic nitrogens is 2. The Bertz CT molecular complexity index is 810. The second kappa shape index (κ2) is 6.80. The molecule has 2 nitrogen and oxygen atoms in total.